The fourth-order valence-corrected chi connectivity index (χ4v) is 3.68. The van der Waals surface area contributed by atoms with Crippen LogP contribution in [0.5, 0.6) is 0 Å². The molecule has 1 N–H and O–H groups in total. The third-order valence-electron chi connectivity index (χ3n) is 3.61. The number of nitrogens with zero attached hydrogens (tertiary/aromatic N) is 1. The van der Waals surface area contributed by atoms with Crippen LogP contribution in [0.4, 0.5) is 0 Å². The standard InChI is InChI=1S/C17H13BrN2O3S/c18-14-9-7-13(8-10-14)17(11-4-12-19-17)16(21)20-24(22,23)15-5-2-1-3-6-15/h1-12H,(H,20,21). The van der Waals surface area contributed by atoms with Gasteiger partial charge in [-0.1, -0.05) is 46.3 Å². The number of carbonyl (C=O) groups excluding carboxylic acids is 1. The Bertz CT molecular complexity index is 908. The molecule has 0 radical (unpaired) electrons. The molecule has 1 atom stereocenters. The van der Waals surface area contributed by atoms with Crippen molar-refractivity contribution in [3.8, 4) is 0 Å². The van der Waals surface area contributed by atoms with Crippen molar-refractivity contribution in [3.63, 3.8) is 0 Å². The minimum atomic E-state index is -3.97. The summed E-state index contributed by atoms with van der Waals surface area (Å²) < 4.78 is 27.8. The highest BCUT2D eigenvalue weighted by molar-refractivity contribution is 9.10. The Morgan fingerprint density at radius 3 is 2.29 bits per heavy atom. The van der Waals surface area contributed by atoms with E-state index < -0.39 is 21.5 Å². The summed E-state index contributed by atoms with van der Waals surface area (Å²) >= 11 is 3.34. The molecule has 0 spiro atoms. The van der Waals surface area contributed by atoms with Gasteiger partial charge in [-0.15, -0.1) is 0 Å². The number of rotatable bonds is 4. The average Bonchev–Trinajstić information content (AvgIpc) is 3.07. The molecule has 5 nitrogen and oxygen atoms in total. The Kier molecular flexibility index (Phi) is 4.38. The van der Waals surface area contributed by atoms with E-state index in [1.807, 2.05) is 0 Å². The first-order valence-electron chi connectivity index (χ1n) is 7.05. The summed E-state index contributed by atoms with van der Waals surface area (Å²) in [6.45, 7) is 0. The van der Waals surface area contributed by atoms with Gasteiger partial charge in [0.25, 0.3) is 15.9 Å². The molecular weight excluding hydrogens is 392 g/mol. The quantitative estimate of drug-likeness (QED) is 0.850. The molecule has 3 rings (SSSR count). The van der Waals surface area contributed by atoms with Crippen molar-refractivity contribution >= 4 is 38.1 Å². The highest BCUT2D eigenvalue weighted by Gasteiger charge is 2.40. The molecule has 0 fully saturated rings. The molecule has 0 saturated carbocycles. The highest BCUT2D eigenvalue weighted by atomic mass is 79.9. The fourth-order valence-electron chi connectivity index (χ4n) is 2.38. The van der Waals surface area contributed by atoms with E-state index in [0.29, 0.717) is 5.56 Å². The normalized spacial score (nSPS) is 19.4. The smallest absolute Gasteiger partial charge is 0.270 e. The lowest BCUT2D eigenvalue weighted by Crippen LogP contribution is -2.43. The lowest BCUT2D eigenvalue weighted by Gasteiger charge is -2.23. The van der Waals surface area contributed by atoms with Gasteiger partial charge in [-0.2, -0.15) is 0 Å². The SMILES string of the molecule is O=C(NS(=O)(=O)c1ccccc1)C1(c2ccc(Br)cc2)C=CC=N1. The Morgan fingerprint density at radius 2 is 1.71 bits per heavy atom. The second kappa shape index (κ2) is 6.33. The van der Waals surface area contributed by atoms with Crippen molar-refractivity contribution in [1.82, 2.24) is 4.72 Å². The van der Waals surface area contributed by atoms with Crippen LogP contribution in [-0.4, -0.2) is 20.5 Å². The number of hydrogen-bond donors (Lipinski definition) is 1. The number of nitrogens with one attached hydrogen (secondary N) is 1. The van der Waals surface area contributed by atoms with Crippen molar-refractivity contribution in [2.24, 2.45) is 4.99 Å². The number of halogens is 1. The molecule has 1 unspecified atom stereocenters. The van der Waals surface area contributed by atoms with E-state index in [2.05, 4.69) is 25.6 Å². The number of sulfonamides is 1. The summed E-state index contributed by atoms with van der Waals surface area (Å²) in [5, 5.41) is 0. The molecule has 0 saturated heterocycles. The first-order valence-corrected chi connectivity index (χ1v) is 9.33. The van der Waals surface area contributed by atoms with Crippen molar-refractivity contribution in [3.05, 3.63) is 76.8 Å². The maximum absolute atomic E-state index is 12.8. The first-order chi connectivity index (χ1) is 11.4. The lowest BCUT2D eigenvalue weighted by molar-refractivity contribution is -0.123. The Labute approximate surface area is 148 Å². The van der Waals surface area contributed by atoms with Gasteiger partial charge in [0.05, 0.1) is 4.90 Å². The monoisotopic (exact) mass is 404 g/mol. The third-order valence-corrected chi connectivity index (χ3v) is 5.49. The number of aliphatic imine (C=N–C) groups is 1. The summed E-state index contributed by atoms with van der Waals surface area (Å²) in [7, 11) is -3.97. The van der Waals surface area contributed by atoms with E-state index >= 15 is 0 Å². The van der Waals surface area contributed by atoms with Crippen LogP contribution in [0, 0.1) is 0 Å². The highest BCUT2D eigenvalue weighted by Crippen LogP contribution is 2.32. The number of hydrogen-bond acceptors (Lipinski definition) is 4. The maximum Gasteiger partial charge on any atom is 0.270 e. The van der Waals surface area contributed by atoms with Gasteiger partial charge in [-0.3, -0.25) is 9.79 Å². The Balaban J connectivity index is 1.96. The zero-order chi connectivity index (χ0) is 17.2. The van der Waals surface area contributed by atoms with Gasteiger partial charge in [-0.25, -0.2) is 13.1 Å². The summed E-state index contributed by atoms with van der Waals surface area (Å²) in [4.78, 5) is 17.0. The van der Waals surface area contributed by atoms with Gasteiger partial charge >= 0.3 is 0 Å². The van der Waals surface area contributed by atoms with Crippen LogP contribution in [-0.2, 0) is 20.4 Å². The van der Waals surface area contributed by atoms with E-state index in [4.69, 9.17) is 0 Å². The van der Waals surface area contributed by atoms with E-state index in [1.54, 1.807) is 54.6 Å². The molecule has 2 aromatic carbocycles. The summed E-state index contributed by atoms with van der Waals surface area (Å²) in [5.74, 6) is -0.723. The van der Waals surface area contributed by atoms with Gasteiger partial charge in [0.1, 0.15) is 0 Å². The van der Waals surface area contributed by atoms with Crippen molar-refractivity contribution in [2.75, 3.05) is 0 Å². The Hall–Kier alpha value is -2.25. The van der Waals surface area contributed by atoms with Crippen LogP contribution >= 0.6 is 15.9 Å². The Morgan fingerprint density at radius 1 is 1.04 bits per heavy atom. The fraction of sp³-hybridized carbons (Fsp3) is 0.0588. The van der Waals surface area contributed by atoms with Crippen LogP contribution in [0.25, 0.3) is 0 Å². The number of allylic oxidation sites excluding steroid dienone is 1. The zero-order valence-corrected chi connectivity index (χ0v) is 14.8. The molecule has 0 aliphatic carbocycles. The van der Waals surface area contributed by atoms with Crippen molar-refractivity contribution in [1.29, 1.82) is 0 Å². The van der Waals surface area contributed by atoms with Gasteiger partial charge < -0.3 is 0 Å². The van der Waals surface area contributed by atoms with Gasteiger partial charge in [0.15, 0.2) is 5.54 Å². The lowest BCUT2D eigenvalue weighted by atomic mass is 9.90. The summed E-state index contributed by atoms with van der Waals surface area (Å²) in [6, 6.07) is 14.8. The topological polar surface area (TPSA) is 75.6 Å². The largest absolute Gasteiger partial charge is 0.270 e. The van der Waals surface area contributed by atoms with Gasteiger partial charge in [0, 0.05) is 10.7 Å². The number of carbonyl (C=O) groups is 1. The molecule has 7 heteroatoms. The van der Waals surface area contributed by atoms with Crippen molar-refractivity contribution in [2.45, 2.75) is 10.4 Å². The molecule has 1 aliphatic heterocycles. The minimum Gasteiger partial charge on any atom is -0.270 e. The van der Waals surface area contributed by atoms with Crippen molar-refractivity contribution < 1.29 is 13.2 Å². The van der Waals surface area contributed by atoms with Crippen LogP contribution in [0.3, 0.4) is 0 Å². The molecular formula is C17H13BrN2O3S. The minimum absolute atomic E-state index is 0.0234. The van der Waals surface area contributed by atoms with Crippen LogP contribution < -0.4 is 4.72 Å². The van der Waals surface area contributed by atoms with E-state index in [1.165, 1.54) is 18.3 Å². The molecule has 1 amide bonds. The van der Waals surface area contributed by atoms with E-state index in [9.17, 15) is 13.2 Å². The van der Waals surface area contributed by atoms with Crippen LogP contribution in [0.15, 0.2) is 81.1 Å². The molecule has 24 heavy (non-hydrogen) atoms. The predicted octanol–water partition coefficient (Wildman–Crippen LogP) is 2.79. The molecule has 0 bridgehead atoms. The molecule has 0 aromatic heterocycles. The molecule has 1 aliphatic rings. The second-order valence-corrected chi connectivity index (χ2v) is 7.76. The molecule has 122 valence electrons. The van der Waals surface area contributed by atoms with Gasteiger partial charge in [0.2, 0.25) is 0 Å². The zero-order valence-electron chi connectivity index (χ0n) is 12.4. The van der Waals surface area contributed by atoms with Crippen LogP contribution in [0.1, 0.15) is 5.56 Å². The molecule has 2 aromatic rings. The van der Waals surface area contributed by atoms with E-state index in [-0.39, 0.29) is 4.90 Å². The maximum atomic E-state index is 12.8. The first kappa shape index (κ1) is 16.6. The second-order valence-electron chi connectivity index (χ2n) is 5.16. The third kappa shape index (κ3) is 3.05. The average molecular weight is 405 g/mol. The predicted molar refractivity (Wildman–Crippen MR) is 95.2 cm³/mol. The van der Waals surface area contributed by atoms with Gasteiger partial charge in [-0.05, 0) is 42.0 Å². The summed E-state index contributed by atoms with van der Waals surface area (Å²) in [6.07, 6.45) is 4.68. The molecule has 1 heterocycles. The summed E-state index contributed by atoms with van der Waals surface area (Å²) in [5.41, 5.74) is -0.806. The number of benzene rings is 2. The van der Waals surface area contributed by atoms with Crippen LogP contribution in [0.2, 0.25) is 0 Å². The van der Waals surface area contributed by atoms with E-state index in [0.717, 1.165) is 4.47 Å². The number of amides is 1.